The van der Waals surface area contributed by atoms with Crippen molar-refractivity contribution in [3.05, 3.63) is 82.2 Å². The average molecular weight is 436 g/mol. The van der Waals surface area contributed by atoms with Gasteiger partial charge in [0.05, 0.1) is 0 Å². The van der Waals surface area contributed by atoms with Crippen molar-refractivity contribution in [2.75, 3.05) is 13.1 Å². The Balaban J connectivity index is 1.33. The van der Waals surface area contributed by atoms with Crippen LogP contribution in [0.4, 0.5) is 4.39 Å². The van der Waals surface area contributed by atoms with Crippen molar-refractivity contribution in [1.82, 2.24) is 19.6 Å². The van der Waals surface area contributed by atoms with Crippen LogP contribution in [0.2, 0.25) is 0 Å². The number of pyridine rings is 1. The summed E-state index contributed by atoms with van der Waals surface area (Å²) < 4.78 is 15.0. The second kappa shape index (κ2) is 9.72. The molecule has 166 valence electrons. The first-order chi connectivity index (χ1) is 15.5. The van der Waals surface area contributed by atoms with Gasteiger partial charge in [-0.15, -0.1) is 0 Å². The van der Waals surface area contributed by atoms with Gasteiger partial charge in [0.2, 0.25) is 5.91 Å². The minimum absolute atomic E-state index is 0.0528. The number of benzene rings is 1. The predicted octanol–water partition coefficient (Wildman–Crippen LogP) is 2.78. The van der Waals surface area contributed by atoms with Gasteiger partial charge in [0.1, 0.15) is 17.0 Å². The molecule has 1 fully saturated rings. The molecule has 3 aromatic rings. The highest BCUT2D eigenvalue weighted by atomic mass is 19.1. The number of carbonyl (C=O) groups excluding carboxylic acids is 2. The molecule has 0 spiro atoms. The molecule has 1 aromatic carbocycles. The van der Waals surface area contributed by atoms with Crippen molar-refractivity contribution >= 4 is 17.5 Å². The van der Waals surface area contributed by atoms with Crippen LogP contribution in [0.25, 0.3) is 5.65 Å². The van der Waals surface area contributed by atoms with E-state index in [0.717, 1.165) is 12.8 Å². The van der Waals surface area contributed by atoms with E-state index in [1.54, 1.807) is 47.5 Å². The molecule has 8 heteroatoms. The summed E-state index contributed by atoms with van der Waals surface area (Å²) in [4.78, 5) is 43.8. The predicted molar refractivity (Wildman–Crippen MR) is 118 cm³/mol. The SMILES string of the molecule is O=C(CCC1CCCN(C(=O)c2cnc3ccccn3c2=O)C1)NCc1ccccc1F. The first-order valence-electron chi connectivity index (χ1n) is 10.8. The Labute approximate surface area is 184 Å². The Bertz CT molecular complexity index is 1190. The number of hydrogen-bond acceptors (Lipinski definition) is 4. The number of amides is 2. The molecule has 2 amide bonds. The van der Waals surface area contributed by atoms with Crippen LogP contribution in [0.15, 0.2) is 59.7 Å². The summed E-state index contributed by atoms with van der Waals surface area (Å²) in [6.07, 6.45) is 5.61. The summed E-state index contributed by atoms with van der Waals surface area (Å²) in [6, 6.07) is 11.6. The number of aromatic nitrogens is 2. The van der Waals surface area contributed by atoms with Crippen molar-refractivity contribution in [3.8, 4) is 0 Å². The smallest absolute Gasteiger partial charge is 0.270 e. The first kappa shape index (κ1) is 21.7. The van der Waals surface area contributed by atoms with E-state index in [1.165, 1.54) is 16.7 Å². The normalized spacial score (nSPS) is 16.2. The maximum atomic E-state index is 13.7. The summed E-state index contributed by atoms with van der Waals surface area (Å²) >= 11 is 0. The number of fused-ring (bicyclic) bond motifs is 1. The zero-order valence-corrected chi connectivity index (χ0v) is 17.7. The molecule has 1 atom stereocenters. The third-order valence-electron chi connectivity index (χ3n) is 5.86. The zero-order valence-electron chi connectivity index (χ0n) is 17.7. The number of nitrogens with zero attached hydrogens (tertiary/aromatic N) is 3. The minimum Gasteiger partial charge on any atom is -0.352 e. The Hall–Kier alpha value is -3.55. The Kier molecular flexibility index (Phi) is 6.58. The molecule has 1 aliphatic heterocycles. The van der Waals surface area contributed by atoms with E-state index >= 15 is 0 Å². The molecule has 0 saturated carbocycles. The number of piperidine rings is 1. The van der Waals surface area contributed by atoms with Gasteiger partial charge in [0.15, 0.2) is 0 Å². The van der Waals surface area contributed by atoms with Crippen LogP contribution < -0.4 is 10.9 Å². The zero-order chi connectivity index (χ0) is 22.5. The lowest BCUT2D eigenvalue weighted by Crippen LogP contribution is -2.42. The van der Waals surface area contributed by atoms with Crippen molar-refractivity contribution in [2.45, 2.75) is 32.2 Å². The first-order valence-corrected chi connectivity index (χ1v) is 10.8. The van der Waals surface area contributed by atoms with E-state index in [1.807, 2.05) is 0 Å². The molecule has 1 unspecified atom stereocenters. The van der Waals surface area contributed by atoms with Crippen LogP contribution in [-0.2, 0) is 11.3 Å². The lowest BCUT2D eigenvalue weighted by molar-refractivity contribution is -0.121. The average Bonchev–Trinajstić information content (AvgIpc) is 2.82. The maximum absolute atomic E-state index is 13.7. The van der Waals surface area contributed by atoms with Crippen LogP contribution in [0.3, 0.4) is 0 Å². The fraction of sp³-hybridized carbons (Fsp3) is 0.333. The van der Waals surface area contributed by atoms with E-state index < -0.39 is 0 Å². The number of carbonyl (C=O) groups is 2. The molecule has 1 N–H and O–H groups in total. The standard InChI is InChI=1S/C24H25FN4O3/c25-20-8-2-1-7-18(20)14-27-22(30)11-10-17-6-5-12-28(16-17)23(31)19-15-26-21-9-3-4-13-29(21)24(19)32/h1-4,7-9,13,15,17H,5-6,10-12,14,16H2,(H,27,30). The summed E-state index contributed by atoms with van der Waals surface area (Å²) in [6.45, 7) is 1.22. The van der Waals surface area contributed by atoms with Crippen LogP contribution in [0, 0.1) is 11.7 Å². The molecule has 1 saturated heterocycles. The fourth-order valence-corrected chi connectivity index (χ4v) is 4.09. The third kappa shape index (κ3) is 4.85. The van der Waals surface area contributed by atoms with Gasteiger partial charge < -0.3 is 10.2 Å². The number of hydrogen-bond donors (Lipinski definition) is 1. The lowest BCUT2D eigenvalue weighted by atomic mass is 9.93. The number of halogens is 1. The molecule has 0 aliphatic carbocycles. The molecule has 32 heavy (non-hydrogen) atoms. The molecule has 4 rings (SSSR count). The quantitative estimate of drug-likeness (QED) is 0.644. The summed E-state index contributed by atoms with van der Waals surface area (Å²) in [7, 11) is 0. The minimum atomic E-state index is -0.379. The van der Waals surface area contributed by atoms with E-state index in [4.69, 9.17) is 0 Å². The number of likely N-dealkylation sites (tertiary alicyclic amines) is 1. The molecular weight excluding hydrogens is 411 g/mol. The second-order valence-electron chi connectivity index (χ2n) is 8.07. The molecular formula is C24H25FN4O3. The maximum Gasteiger partial charge on any atom is 0.270 e. The van der Waals surface area contributed by atoms with Gasteiger partial charge in [-0.05, 0) is 43.4 Å². The highest BCUT2D eigenvalue weighted by molar-refractivity contribution is 5.93. The molecule has 0 radical (unpaired) electrons. The summed E-state index contributed by atoms with van der Waals surface area (Å²) in [5.41, 5.74) is 0.616. The fourth-order valence-electron chi connectivity index (χ4n) is 4.09. The van der Waals surface area contributed by atoms with Gasteiger partial charge in [-0.2, -0.15) is 0 Å². The molecule has 2 aromatic heterocycles. The number of rotatable bonds is 6. The monoisotopic (exact) mass is 436 g/mol. The summed E-state index contributed by atoms with van der Waals surface area (Å²) in [5.74, 6) is -0.639. The molecule has 7 nitrogen and oxygen atoms in total. The van der Waals surface area contributed by atoms with Gasteiger partial charge in [-0.1, -0.05) is 24.3 Å². The van der Waals surface area contributed by atoms with Gasteiger partial charge >= 0.3 is 0 Å². The molecule has 1 aliphatic rings. The van der Waals surface area contributed by atoms with Gasteiger partial charge in [-0.3, -0.25) is 18.8 Å². The topological polar surface area (TPSA) is 83.8 Å². The largest absolute Gasteiger partial charge is 0.352 e. The van der Waals surface area contributed by atoms with Crippen molar-refractivity contribution in [3.63, 3.8) is 0 Å². The molecule has 0 bridgehead atoms. The number of nitrogens with one attached hydrogen (secondary N) is 1. The van der Waals surface area contributed by atoms with E-state index in [2.05, 4.69) is 10.3 Å². The Morgan fingerprint density at radius 3 is 2.81 bits per heavy atom. The highest BCUT2D eigenvalue weighted by Crippen LogP contribution is 2.22. The Morgan fingerprint density at radius 1 is 1.16 bits per heavy atom. The third-order valence-corrected chi connectivity index (χ3v) is 5.86. The van der Waals surface area contributed by atoms with E-state index in [9.17, 15) is 18.8 Å². The van der Waals surface area contributed by atoms with Gasteiger partial charge in [-0.25, -0.2) is 9.37 Å². The van der Waals surface area contributed by atoms with Crippen LogP contribution >= 0.6 is 0 Å². The van der Waals surface area contributed by atoms with Crippen LogP contribution in [-0.4, -0.2) is 39.2 Å². The second-order valence-corrected chi connectivity index (χ2v) is 8.07. The highest BCUT2D eigenvalue weighted by Gasteiger charge is 2.27. The van der Waals surface area contributed by atoms with Crippen LogP contribution in [0.5, 0.6) is 0 Å². The van der Waals surface area contributed by atoms with Crippen molar-refractivity contribution in [2.24, 2.45) is 5.92 Å². The van der Waals surface area contributed by atoms with E-state index in [-0.39, 0.29) is 41.2 Å². The Morgan fingerprint density at radius 2 is 1.97 bits per heavy atom. The van der Waals surface area contributed by atoms with Gasteiger partial charge in [0, 0.05) is 44.0 Å². The van der Waals surface area contributed by atoms with Gasteiger partial charge in [0.25, 0.3) is 11.5 Å². The van der Waals surface area contributed by atoms with Crippen molar-refractivity contribution in [1.29, 1.82) is 0 Å². The summed E-state index contributed by atoms with van der Waals surface area (Å²) in [5, 5.41) is 2.75. The van der Waals surface area contributed by atoms with Crippen LogP contribution in [0.1, 0.15) is 41.6 Å². The molecule has 3 heterocycles. The van der Waals surface area contributed by atoms with E-state index in [0.29, 0.717) is 37.1 Å². The lowest BCUT2D eigenvalue weighted by Gasteiger charge is -2.32. The van der Waals surface area contributed by atoms with Crippen molar-refractivity contribution < 1.29 is 14.0 Å².